The monoisotopic (exact) mass is 291 g/mol. The molecule has 5 nitrogen and oxygen atoms in total. The van der Waals surface area contributed by atoms with E-state index in [4.69, 9.17) is 4.74 Å². The molecule has 0 aromatic heterocycles. The summed E-state index contributed by atoms with van der Waals surface area (Å²) < 4.78 is 28.0. The van der Waals surface area contributed by atoms with Crippen molar-refractivity contribution in [1.82, 2.24) is 5.32 Å². The largest absolute Gasteiger partial charge is 0.449 e. The quantitative estimate of drug-likeness (QED) is 0.864. The van der Waals surface area contributed by atoms with E-state index >= 15 is 0 Å². The van der Waals surface area contributed by atoms with E-state index in [0.29, 0.717) is 19.4 Å². The van der Waals surface area contributed by atoms with Crippen LogP contribution in [0.3, 0.4) is 0 Å². The Morgan fingerprint density at radius 3 is 2.16 bits per heavy atom. The smallest absolute Gasteiger partial charge is 0.407 e. The predicted octanol–water partition coefficient (Wildman–Crippen LogP) is 2.11. The van der Waals surface area contributed by atoms with Crippen LogP contribution >= 0.6 is 0 Å². The Balaban J connectivity index is 2.29. The van der Waals surface area contributed by atoms with Crippen molar-refractivity contribution in [3.05, 3.63) is 0 Å². The topological polar surface area (TPSA) is 72.5 Å². The molecule has 1 aliphatic carbocycles. The first-order valence-corrected chi connectivity index (χ1v) is 8.67. The summed E-state index contributed by atoms with van der Waals surface area (Å²) in [6.07, 6.45) is 3.85. The second kappa shape index (κ2) is 6.11. The molecule has 0 unspecified atom stereocenters. The van der Waals surface area contributed by atoms with E-state index in [-0.39, 0.29) is 16.7 Å². The summed E-state index contributed by atoms with van der Waals surface area (Å²) in [6, 6.07) is 0. The Morgan fingerprint density at radius 1 is 1.21 bits per heavy atom. The lowest BCUT2D eigenvalue weighted by molar-refractivity contribution is 0.109. The van der Waals surface area contributed by atoms with Crippen LogP contribution in [0.15, 0.2) is 0 Å². The van der Waals surface area contributed by atoms with Crippen LogP contribution in [0.4, 0.5) is 4.79 Å². The number of carbonyl (C=O) groups excluding carboxylic acids is 1. The third-order valence-corrected chi connectivity index (χ3v) is 5.01. The van der Waals surface area contributed by atoms with E-state index < -0.39 is 15.9 Å². The molecule has 0 spiro atoms. The van der Waals surface area contributed by atoms with Crippen molar-refractivity contribution in [3.8, 4) is 0 Å². The molecule has 1 rings (SSSR count). The number of nitrogens with one attached hydrogen (secondary N) is 1. The van der Waals surface area contributed by atoms with Gasteiger partial charge in [-0.15, -0.1) is 0 Å². The first-order valence-electron chi connectivity index (χ1n) is 6.72. The molecule has 1 N–H and O–H groups in total. The number of carbonyl (C=O) groups is 1. The second-order valence-corrected chi connectivity index (χ2v) is 8.77. The molecule has 19 heavy (non-hydrogen) atoms. The highest BCUT2D eigenvalue weighted by molar-refractivity contribution is 7.91. The SMILES string of the molecule is CC(C)(C)NC(=O)OCC1CCC(S(C)(=O)=O)CC1. The first-order chi connectivity index (χ1) is 8.58. The minimum atomic E-state index is -2.92. The number of hydrogen-bond donors (Lipinski definition) is 1. The highest BCUT2D eigenvalue weighted by Crippen LogP contribution is 2.28. The van der Waals surface area contributed by atoms with E-state index in [1.807, 2.05) is 20.8 Å². The summed E-state index contributed by atoms with van der Waals surface area (Å²) in [5.41, 5.74) is -0.301. The van der Waals surface area contributed by atoms with Crippen molar-refractivity contribution in [1.29, 1.82) is 0 Å². The van der Waals surface area contributed by atoms with Crippen LogP contribution in [0.25, 0.3) is 0 Å². The molecule has 112 valence electrons. The van der Waals surface area contributed by atoms with Crippen molar-refractivity contribution < 1.29 is 17.9 Å². The lowest BCUT2D eigenvalue weighted by Gasteiger charge is -2.27. The molecule has 0 saturated heterocycles. The Morgan fingerprint density at radius 2 is 1.74 bits per heavy atom. The summed E-state index contributed by atoms with van der Waals surface area (Å²) >= 11 is 0. The summed E-state index contributed by atoms with van der Waals surface area (Å²) in [4.78, 5) is 11.5. The van der Waals surface area contributed by atoms with Gasteiger partial charge in [0.05, 0.1) is 11.9 Å². The molecule has 0 radical (unpaired) electrons. The summed E-state index contributed by atoms with van der Waals surface area (Å²) in [5, 5.41) is 2.52. The Bertz CT molecular complexity index is 403. The Labute approximate surface area is 116 Å². The third-order valence-electron chi connectivity index (χ3n) is 3.33. The molecule has 0 bridgehead atoms. The predicted molar refractivity (Wildman–Crippen MR) is 74.8 cm³/mol. The number of amides is 1. The highest BCUT2D eigenvalue weighted by Gasteiger charge is 2.28. The zero-order chi connectivity index (χ0) is 14.7. The van der Waals surface area contributed by atoms with E-state index in [9.17, 15) is 13.2 Å². The van der Waals surface area contributed by atoms with E-state index in [1.165, 1.54) is 6.26 Å². The van der Waals surface area contributed by atoms with Gasteiger partial charge in [0.1, 0.15) is 9.84 Å². The lowest BCUT2D eigenvalue weighted by Crippen LogP contribution is -2.41. The average molecular weight is 291 g/mol. The van der Waals surface area contributed by atoms with Gasteiger partial charge in [0.25, 0.3) is 0 Å². The molecule has 0 heterocycles. The molecule has 0 atom stereocenters. The van der Waals surface area contributed by atoms with Crippen molar-refractivity contribution >= 4 is 15.9 Å². The van der Waals surface area contributed by atoms with Crippen molar-refractivity contribution in [2.45, 2.75) is 57.2 Å². The fourth-order valence-electron chi connectivity index (χ4n) is 2.26. The van der Waals surface area contributed by atoms with E-state index in [1.54, 1.807) is 0 Å². The zero-order valence-electron chi connectivity index (χ0n) is 12.2. The number of ether oxygens (including phenoxy) is 1. The molecule has 0 aliphatic heterocycles. The van der Waals surface area contributed by atoms with Gasteiger partial charge >= 0.3 is 6.09 Å². The molecular weight excluding hydrogens is 266 g/mol. The van der Waals surface area contributed by atoms with Gasteiger partial charge in [0.15, 0.2) is 0 Å². The number of hydrogen-bond acceptors (Lipinski definition) is 4. The van der Waals surface area contributed by atoms with Crippen LogP contribution < -0.4 is 5.32 Å². The molecule has 1 saturated carbocycles. The van der Waals surface area contributed by atoms with Gasteiger partial charge < -0.3 is 10.1 Å². The normalized spacial score (nSPS) is 24.8. The van der Waals surface area contributed by atoms with Gasteiger partial charge in [-0.1, -0.05) is 0 Å². The van der Waals surface area contributed by atoms with Crippen LogP contribution in [-0.2, 0) is 14.6 Å². The van der Waals surface area contributed by atoms with Gasteiger partial charge in [-0.2, -0.15) is 0 Å². The van der Waals surface area contributed by atoms with Crippen molar-refractivity contribution in [2.24, 2.45) is 5.92 Å². The van der Waals surface area contributed by atoms with Crippen molar-refractivity contribution in [2.75, 3.05) is 12.9 Å². The summed E-state index contributed by atoms with van der Waals surface area (Å²) in [6.45, 7) is 6.06. The van der Waals surface area contributed by atoms with E-state index in [0.717, 1.165) is 12.8 Å². The molecule has 1 amide bonds. The fraction of sp³-hybridized carbons (Fsp3) is 0.923. The maximum atomic E-state index is 11.5. The van der Waals surface area contributed by atoms with Crippen LogP contribution in [0, 0.1) is 5.92 Å². The molecule has 1 aliphatic rings. The molecular formula is C13H25NO4S. The Hall–Kier alpha value is -0.780. The van der Waals surface area contributed by atoms with Crippen LogP contribution in [0.5, 0.6) is 0 Å². The Kier molecular flexibility index (Phi) is 5.24. The number of sulfone groups is 1. The maximum absolute atomic E-state index is 11.5. The minimum absolute atomic E-state index is 0.216. The summed E-state index contributed by atoms with van der Waals surface area (Å²) in [5.74, 6) is 0.281. The molecule has 1 fully saturated rings. The van der Waals surface area contributed by atoms with Crippen molar-refractivity contribution in [3.63, 3.8) is 0 Å². The molecule has 6 heteroatoms. The molecule has 0 aromatic rings. The number of alkyl carbamates (subject to hydrolysis) is 1. The highest BCUT2D eigenvalue weighted by atomic mass is 32.2. The van der Waals surface area contributed by atoms with Crippen LogP contribution in [0.2, 0.25) is 0 Å². The standard InChI is InChI=1S/C13H25NO4S/c1-13(2,3)14-12(15)18-9-10-5-7-11(8-6-10)19(4,16)17/h10-11H,5-9H2,1-4H3,(H,14,15). The average Bonchev–Trinajstić information content (AvgIpc) is 2.23. The zero-order valence-corrected chi connectivity index (χ0v) is 13.0. The lowest BCUT2D eigenvalue weighted by atomic mass is 9.89. The van der Waals surface area contributed by atoms with Gasteiger partial charge in [-0.25, -0.2) is 13.2 Å². The van der Waals surface area contributed by atoms with Crippen LogP contribution in [-0.4, -0.2) is 38.2 Å². The van der Waals surface area contributed by atoms with Gasteiger partial charge in [-0.05, 0) is 52.4 Å². The minimum Gasteiger partial charge on any atom is -0.449 e. The van der Waals surface area contributed by atoms with Gasteiger partial charge in [0.2, 0.25) is 0 Å². The van der Waals surface area contributed by atoms with E-state index in [2.05, 4.69) is 5.32 Å². The van der Waals surface area contributed by atoms with Gasteiger partial charge in [0, 0.05) is 11.8 Å². The maximum Gasteiger partial charge on any atom is 0.407 e. The number of rotatable bonds is 3. The van der Waals surface area contributed by atoms with Gasteiger partial charge in [-0.3, -0.25) is 0 Å². The molecule has 0 aromatic carbocycles. The first kappa shape index (κ1) is 16.3. The third kappa shape index (κ3) is 6.27. The fourth-order valence-corrected chi connectivity index (χ4v) is 3.39. The summed E-state index contributed by atoms with van der Waals surface area (Å²) in [7, 11) is -2.92. The second-order valence-electron chi connectivity index (χ2n) is 6.45. The van der Waals surface area contributed by atoms with Crippen LogP contribution in [0.1, 0.15) is 46.5 Å².